The molecular weight excluding hydrogens is 300 g/mol. The maximum atomic E-state index is 12.4. The van der Waals surface area contributed by atoms with Crippen LogP contribution in [0.5, 0.6) is 0 Å². The van der Waals surface area contributed by atoms with Gasteiger partial charge in [0.1, 0.15) is 0 Å². The molecule has 0 aromatic heterocycles. The summed E-state index contributed by atoms with van der Waals surface area (Å²) < 4.78 is 0. The van der Waals surface area contributed by atoms with E-state index < -0.39 is 0 Å². The van der Waals surface area contributed by atoms with Crippen LogP contribution >= 0.6 is 0 Å². The van der Waals surface area contributed by atoms with E-state index in [1.807, 2.05) is 54.6 Å². The van der Waals surface area contributed by atoms with E-state index >= 15 is 0 Å². The van der Waals surface area contributed by atoms with Crippen molar-refractivity contribution in [2.45, 2.75) is 26.0 Å². The molecule has 126 valence electrons. The van der Waals surface area contributed by atoms with Crippen molar-refractivity contribution >= 4 is 11.6 Å². The van der Waals surface area contributed by atoms with Gasteiger partial charge in [0.05, 0.1) is 6.10 Å². The molecule has 2 N–H and O–H groups in total. The van der Waals surface area contributed by atoms with Crippen LogP contribution in [-0.2, 0) is 6.54 Å². The smallest absolute Gasteiger partial charge is 0.255 e. The van der Waals surface area contributed by atoms with Gasteiger partial charge in [-0.25, -0.2) is 0 Å². The molecule has 1 aliphatic rings. The minimum atomic E-state index is -0.237. The molecule has 1 fully saturated rings. The number of para-hydroxylation sites is 1. The molecule has 2 aromatic carbocycles. The van der Waals surface area contributed by atoms with Gasteiger partial charge in [-0.1, -0.05) is 37.3 Å². The van der Waals surface area contributed by atoms with Crippen molar-refractivity contribution in [1.29, 1.82) is 0 Å². The van der Waals surface area contributed by atoms with E-state index in [-0.39, 0.29) is 12.0 Å². The molecule has 4 nitrogen and oxygen atoms in total. The molecule has 0 radical (unpaired) electrons. The molecule has 1 heterocycles. The predicted octanol–water partition coefficient (Wildman–Crippen LogP) is 3.14. The van der Waals surface area contributed by atoms with Crippen LogP contribution in [0.2, 0.25) is 0 Å². The first-order valence-corrected chi connectivity index (χ1v) is 8.51. The predicted molar refractivity (Wildman–Crippen MR) is 95.9 cm³/mol. The Hall–Kier alpha value is -2.17. The number of anilines is 1. The summed E-state index contributed by atoms with van der Waals surface area (Å²) >= 11 is 0. The van der Waals surface area contributed by atoms with Crippen LogP contribution in [0, 0.1) is 5.92 Å². The molecule has 0 spiro atoms. The Morgan fingerprint density at radius 1 is 1.17 bits per heavy atom. The van der Waals surface area contributed by atoms with Gasteiger partial charge >= 0.3 is 0 Å². The second-order valence-corrected chi connectivity index (χ2v) is 6.45. The highest BCUT2D eigenvalue weighted by Gasteiger charge is 2.29. The summed E-state index contributed by atoms with van der Waals surface area (Å²) in [7, 11) is 0. The fourth-order valence-corrected chi connectivity index (χ4v) is 3.27. The first kappa shape index (κ1) is 16.7. The molecule has 24 heavy (non-hydrogen) atoms. The molecule has 1 saturated heterocycles. The SMILES string of the molecule is CCC1CN(Cc2cccc(C(=O)Nc3ccccc3)c2)CC1O. The van der Waals surface area contributed by atoms with Crippen molar-refractivity contribution < 1.29 is 9.90 Å². The van der Waals surface area contributed by atoms with Gasteiger partial charge in [-0.05, 0) is 42.2 Å². The van der Waals surface area contributed by atoms with Crippen molar-refractivity contribution in [3.05, 3.63) is 65.7 Å². The number of aliphatic hydroxyl groups excluding tert-OH is 1. The number of benzene rings is 2. The van der Waals surface area contributed by atoms with E-state index in [0.717, 1.165) is 30.8 Å². The van der Waals surface area contributed by atoms with Crippen LogP contribution in [0.15, 0.2) is 54.6 Å². The fraction of sp³-hybridized carbons (Fsp3) is 0.350. The first-order chi connectivity index (χ1) is 11.7. The first-order valence-electron chi connectivity index (χ1n) is 8.51. The number of amides is 1. The third kappa shape index (κ3) is 4.02. The second-order valence-electron chi connectivity index (χ2n) is 6.45. The van der Waals surface area contributed by atoms with Crippen molar-refractivity contribution in [2.75, 3.05) is 18.4 Å². The molecule has 2 unspecified atom stereocenters. The maximum Gasteiger partial charge on any atom is 0.255 e. The molecule has 2 aromatic rings. The van der Waals surface area contributed by atoms with Crippen molar-refractivity contribution in [3.63, 3.8) is 0 Å². The molecular formula is C20H24N2O2. The lowest BCUT2D eigenvalue weighted by Crippen LogP contribution is -2.21. The van der Waals surface area contributed by atoms with E-state index in [1.54, 1.807) is 0 Å². The van der Waals surface area contributed by atoms with Gasteiger partial charge < -0.3 is 10.4 Å². The van der Waals surface area contributed by atoms with Crippen LogP contribution in [0.25, 0.3) is 0 Å². The fourth-order valence-electron chi connectivity index (χ4n) is 3.27. The number of rotatable bonds is 5. The maximum absolute atomic E-state index is 12.4. The zero-order valence-corrected chi connectivity index (χ0v) is 14.0. The van der Waals surface area contributed by atoms with Gasteiger partial charge in [0.2, 0.25) is 0 Å². The van der Waals surface area contributed by atoms with Crippen molar-refractivity contribution in [2.24, 2.45) is 5.92 Å². The largest absolute Gasteiger partial charge is 0.391 e. The van der Waals surface area contributed by atoms with Crippen molar-refractivity contribution in [1.82, 2.24) is 4.90 Å². The summed E-state index contributed by atoms with van der Waals surface area (Å²) in [6, 6.07) is 17.2. The Morgan fingerprint density at radius 2 is 1.96 bits per heavy atom. The molecule has 4 heteroatoms. The molecule has 2 atom stereocenters. The van der Waals surface area contributed by atoms with Gasteiger partial charge in [0.25, 0.3) is 5.91 Å². The van der Waals surface area contributed by atoms with Crippen LogP contribution in [0.3, 0.4) is 0 Å². The summed E-state index contributed by atoms with van der Waals surface area (Å²) in [5.41, 5.74) is 2.55. The standard InChI is InChI=1S/C20H24N2O2/c1-2-16-13-22(14-19(16)23)12-15-7-6-8-17(11-15)20(24)21-18-9-4-3-5-10-18/h3-11,16,19,23H,2,12-14H2,1H3,(H,21,24). The van der Waals surface area contributed by atoms with Crippen LogP contribution in [0.4, 0.5) is 5.69 Å². The monoisotopic (exact) mass is 324 g/mol. The average molecular weight is 324 g/mol. The number of nitrogens with zero attached hydrogens (tertiary/aromatic N) is 1. The molecule has 0 saturated carbocycles. The van der Waals surface area contributed by atoms with Crippen molar-refractivity contribution in [3.8, 4) is 0 Å². The zero-order valence-electron chi connectivity index (χ0n) is 14.0. The highest BCUT2D eigenvalue weighted by Crippen LogP contribution is 2.22. The van der Waals surface area contributed by atoms with E-state index in [4.69, 9.17) is 0 Å². The lowest BCUT2D eigenvalue weighted by atomic mass is 10.0. The summed E-state index contributed by atoms with van der Waals surface area (Å²) in [5, 5.41) is 12.9. The minimum Gasteiger partial charge on any atom is -0.391 e. The van der Waals surface area contributed by atoms with Crippen LogP contribution in [-0.4, -0.2) is 35.1 Å². The van der Waals surface area contributed by atoms with Gasteiger partial charge in [0.15, 0.2) is 0 Å². The number of hydrogen-bond acceptors (Lipinski definition) is 3. The normalized spacial score (nSPS) is 20.9. The summed E-state index contributed by atoms with van der Waals surface area (Å²) in [6.45, 7) is 4.50. The van der Waals surface area contributed by atoms with Gasteiger partial charge in [-0.2, -0.15) is 0 Å². The number of β-amino-alcohol motifs (C(OH)–C–C–N with tert-alkyl or cyclic N) is 1. The van der Waals surface area contributed by atoms with E-state index in [9.17, 15) is 9.90 Å². The minimum absolute atomic E-state index is 0.101. The van der Waals surface area contributed by atoms with Gasteiger partial charge in [-0.15, -0.1) is 0 Å². The Bertz CT molecular complexity index is 687. The van der Waals surface area contributed by atoms with Crippen LogP contribution in [0.1, 0.15) is 29.3 Å². The number of nitrogens with one attached hydrogen (secondary N) is 1. The topological polar surface area (TPSA) is 52.6 Å². The molecule has 0 bridgehead atoms. The molecule has 1 amide bonds. The third-order valence-electron chi connectivity index (χ3n) is 4.63. The summed E-state index contributed by atoms with van der Waals surface area (Å²) in [5.74, 6) is 0.255. The Balaban J connectivity index is 1.65. The lowest BCUT2D eigenvalue weighted by Gasteiger charge is -2.16. The third-order valence-corrected chi connectivity index (χ3v) is 4.63. The number of carbonyl (C=O) groups excluding carboxylic acids is 1. The highest BCUT2D eigenvalue weighted by molar-refractivity contribution is 6.04. The van der Waals surface area contributed by atoms with Gasteiger partial charge in [0, 0.05) is 30.9 Å². The average Bonchev–Trinajstić information content (AvgIpc) is 2.95. The zero-order chi connectivity index (χ0) is 16.9. The highest BCUT2D eigenvalue weighted by atomic mass is 16.3. The Kier molecular flexibility index (Phi) is 5.28. The lowest BCUT2D eigenvalue weighted by molar-refractivity contribution is 0.102. The number of hydrogen-bond donors (Lipinski definition) is 2. The molecule has 0 aliphatic carbocycles. The Morgan fingerprint density at radius 3 is 2.67 bits per heavy atom. The van der Waals surface area contributed by atoms with Crippen LogP contribution < -0.4 is 5.32 Å². The summed E-state index contributed by atoms with van der Waals surface area (Å²) in [4.78, 5) is 14.6. The second kappa shape index (κ2) is 7.60. The molecule has 1 aliphatic heterocycles. The van der Waals surface area contributed by atoms with Gasteiger partial charge in [-0.3, -0.25) is 9.69 Å². The van der Waals surface area contributed by atoms with E-state index in [2.05, 4.69) is 17.1 Å². The Labute approximate surface area is 143 Å². The number of aliphatic hydroxyl groups is 1. The number of carbonyl (C=O) groups is 1. The van der Waals surface area contributed by atoms with E-state index in [0.29, 0.717) is 18.0 Å². The summed E-state index contributed by atoms with van der Waals surface area (Å²) in [6.07, 6.45) is 0.761. The quantitative estimate of drug-likeness (QED) is 0.888. The number of likely N-dealkylation sites (tertiary alicyclic amines) is 1. The van der Waals surface area contributed by atoms with E-state index in [1.165, 1.54) is 0 Å². The molecule has 3 rings (SSSR count).